The highest BCUT2D eigenvalue weighted by molar-refractivity contribution is 9.10. The fourth-order valence-corrected chi connectivity index (χ4v) is 2.87. The summed E-state index contributed by atoms with van der Waals surface area (Å²) in [4.78, 5) is 0. The molecular formula is C18H30BrNO. The molecule has 0 aromatic heterocycles. The molecule has 0 spiro atoms. The van der Waals surface area contributed by atoms with Crippen LogP contribution in [0.2, 0.25) is 0 Å². The molecule has 0 saturated heterocycles. The summed E-state index contributed by atoms with van der Waals surface area (Å²) in [5.74, 6) is 0.934. The molecule has 1 atom stereocenters. The maximum atomic E-state index is 5.75. The standard InChI is InChI=1S/C18H30BrNO/c1-6-11-20-17(18(4,5)8-3)14-9-10-16(15(19)13-14)21-12-7-2/h9-10,13,17,20H,6-8,11-12H2,1-5H3. The van der Waals surface area contributed by atoms with Gasteiger partial charge in [-0.2, -0.15) is 0 Å². The van der Waals surface area contributed by atoms with Gasteiger partial charge >= 0.3 is 0 Å². The molecule has 1 unspecified atom stereocenters. The average Bonchev–Trinajstić information content (AvgIpc) is 2.46. The van der Waals surface area contributed by atoms with E-state index in [1.807, 2.05) is 0 Å². The Morgan fingerprint density at radius 3 is 2.43 bits per heavy atom. The Labute approximate surface area is 138 Å². The first-order valence-corrected chi connectivity index (χ1v) is 8.91. The molecule has 1 rings (SSSR count). The zero-order valence-electron chi connectivity index (χ0n) is 14.1. The zero-order valence-corrected chi connectivity index (χ0v) is 15.7. The van der Waals surface area contributed by atoms with Gasteiger partial charge in [0.2, 0.25) is 0 Å². The Morgan fingerprint density at radius 2 is 1.90 bits per heavy atom. The number of rotatable bonds is 9. The second-order valence-electron chi connectivity index (χ2n) is 6.27. The zero-order chi connectivity index (χ0) is 15.9. The number of hydrogen-bond acceptors (Lipinski definition) is 2. The molecule has 21 heavy (non-hydrogen) atoms. The van der Waals surface area contributed by atoms with E-state index in [0.29, 0.717) is 6.04 Å². The van der Waals surface area contributed by atoms with Crippen molar-refractivity contribution in [1.82, 2.24) is 5.32 Å². The van der Waals surface area contributed by atoms with E-state index in [9.17, 15) is 0 Å². The van der Waals surface area contributed by atoms with Crippen molar-refractivity contribution in [2.45, 2.75) is 59.9 Å². The number of halogens is 1. The molecule has 1 aromatic carbocycles. The molecule has 2 nitrogen and oxygen atoms in total. The van der Waals surface area contributed by atoms with Crippen LogP contribution in [0.25, 0.3) is 0 Å². The third kappa shape index (κ3) is 5.30. The fourth-order valence-electron chi connectivity index (χ4n) is 2.36. The number of benzene rings is 1. The number of hydrogen-bond donors (Lipinski definition) is 1. The van der Waals surface area contributed by atoms with Crippen LogP contribution < -0.4 is 10.1 Å². The van der Waals surface area contributed by atoms with Crippen LogP contribution in [-0.2, 0) is 0 Å². The molecule has 0 bridgehead atoms. The lowest BCUT2D eigenvalue weighted by Gasteiger charge is -2.35. The number of nitrogens with one attached hydrogen (secondary N) is 1. The van der Waals surface area contributed by atoms with E-state index in [2.05, 4.69) is 74.1 Å². The molecule has 3 heteroatoms. The molecular weight excluding hydrogens is 326 g/mol. The molecule has 0 radical (unpaired) electrons. The second-order valence-corrected chi connectivity index (χ2v) is 7.12. The van der Waals surface area contributed by atoms with E-state index in [4.69, 9.17) is 4.74 Å². The Balaban J connectivity index is 2.99. The van der Waals surface area contributed by atoms with Crippen molar-refractivity contribution < 1.29 is 4.74 Å². The Bertz CT molecular complexity index is 431. The molecule has 0 aliphatic heterocycles. The van der Waals surface area contributed by atoms with Crippen molar-refractivity contribution in [2.75, 3.05) is 13.2 Å². The van der Waals surface area contributed by atoms with Crippen LogP contribution >= 0.6 is 15.9 Å². The van der Waals surface area contributed by atoms with Gasteiger partial charge in [0.05, 0.1) is 11.1 Å². The van der Waals surface area contributed by atoms with Gasteiger partial charge in [-0.1, -0.05) is 40.7 Å². The highest BCUT2D eigenvalue weighted by Crippen LogP contribution is 2.38. The minimum atomic E-state index is 0.223. The van der Waals surface area contributed by atoms with Gasteiger partial charge in [0.15, 0.2) is 0 Å². The lowest BCUT2D eigenvalue weighted by atomic mass is 9.78. The summed E-state index contributed by atoms with van der Waals surface area (Å²) in [6.07, 6.45) is 3.31. The Morgan fingerprint density at radius 1 is 1.19 bits per heavy atom. The van der Waals surface area contributed by atoms with Gasteiger partial charge in [0.25, 0.3) is 0 Å². The molecule has 1 N–H and O–H groups in total. The summed E-state index contributed by atoms with van der Waals surface area (Å²) < 4.78 is 6.79. The summed E-state index contributed by atoms with van der Waals surface area (Å²) in [6.45, 7) is 13.0. The summed E-state index contributed by atoms with van der Waals surface area (Å²) in [5.41, 5.74) is 1.55. The van der Waals surface area contributed by atoms with Crippen LogP contribution in [0, 0.1) is 5.41 Å². The van der Waals surface area contributed by atoms with Crippen molar-refractivity contribution in [1.29, 1.82) is 0 Å². The van der Waals surface area contributed by atoms with Gasteiger partial charge < -0.3 is 10.1 Å². The van der Waals surface area contributed by atoms with Crippen LogP contribution in [0.5, 0.6) is 5.75 Å². The van der Waals surface area contributed by atoms with Crippen molar-refractivity contribution in [3.63, 3.8) is 0 Å². The molecule has 0 fully saturated rings. The number of ether oxygens (including phenoxy) is 1. The monoisotopic (exact) mass is 355 g/mol. The lowest BCUT2D eigenvalue weighted by molar-refractivity contribution is 0.234. The van der Waals surface area contributed by atoms with E-state index in [1.54, 1.807) is 0 Å². The maximum Gasteiger partial charge on any atom is 0.133 e. The summed E-state index contributed by atoms with van der Waals surface area (Å²) in [5, 5.41) is 3.71. The Hall–Kier alpha value is -0.540. The van der Waals surface area contributed by atoms with Gasteiger partial charge in [-0.05, 0) is 64.8 Å². The van der Waals surface area contributed by atoms with E-state index >= 15 is 0 Å². The summed E-state index contributed by atoms with van der Waals surface area (Å²) in [7, 11) is 0. The molecule has 0 aliphatic carbocycles. The third-order valence-corrected chi connectivity index (χ3v) is 4.66. The van der Waals surface area contributed by atoms with Crippen molar-refractivity contribution in [2.24, 2.45) is 5.41 Å². The van der Waals surface area contributed by atoms with Crippen LogP contribution in [0.1, 0.15) is 65.5 Å². The minimum absolute atomic E-state index is 0.223. The largest absolute Gasteiger partial charge is 0.492 e. The quantitative estimate of drug-likeness (QED) is 0.611. The molecule has 1 aromatic rings. The Kier molecular flexibility index (Phi) is 7.75. The van der Waals surface area contributed by atoms with Gasteiger partial charge in [-0.25, -0.2) is 0 Å². The normalized spacial score (nSPS) is 13.2. The molecule has 0 aliphatic rings. The SMILES string of the molecule is CCCNC(c1ccc(OCCC)c(Br)c1)C(C)(C)CC. The highest BCUT2D eigenvalue weighted by atomic mass is 79.9. The second kappa shape index (κ2) is 8.79. The van der Waals surface area contributed by atoms with Crippen LogP contribution in [0.4, 0.5) is 0 Å². The van der Waals surface area contributed by atoms with Crippen LogP contribution in [0.15, 0.2) is 22.7 Å². The fraction of sp³-hybridized carbons (Fsp3) is 0.667. The van der Waals surface area contributed by atoms with Gasteiger partial charge in [-0.3, -0.25) is 0 Å². The van der Waals surface area contributed by atoms with E-state index in [0.717, 1.165) is 42.6 Å². The van der Waals surface area contributed by atoms with Crippen molar-refractivity contribution in [3.05, 3.63) is 28.2 Å². The first kappa shape index (κ1) is 18.5. The summed E-state index contributed by atoms with van der Waals surface area (Å²) in [6, 6.07) is 6.84. The minimum Gasteiger partial charge on any atom is -0.492 e. The van der Waals surface area contributed by atoms with E-state index in [-0.39, 0.29) is 5.41 Å². The highest BCUT2D eigenvalue weighted by Gasteiger charge is 2.29. The van der Waals surface area contributed by atoms with Gasteiger partial charge in [-0.15, -0.1) is 0 Å². The maximum absolute atomic E-state index is 5.75. The molecule has 0 heterocycles. The topological polar surface area (TPSA) is 21.3 Å². The predicted octanol–water partition coefficient (Wildman–Crippen LogP) is 5.71. The first-order valence-electron chi connectivity index (χ1n) is 8.11. The lowest BCUT2D eigenvalue weighted by Crippen LogP contribution is -2.34. The van der Waals surface area contributed by atoms with Gasteiger partial charge in [0.1, 0.15) is 5.75 Å². The predicted molar refractivity (Wildman–Crippen MR) is 95.0 cm³/mol. The van der Waals surface area contributed by atoms with Crippen LogP contribution in [0.3, 0.4) is 0 Å². The van der Waals surface area contributed by atoms with E-state index in [1.165, 1.54) is 5.56 Å². The third-order valence-electron chi connectivity index (χ3n) is 4.04. The molecule has 0 saturated carbocycles. The summed E-state index contributed by atoms with van der Waals surface area (Å²) >= 11 is 3.65. The van der Waals surface area contributed by atoms with Gasteiger partial charge in [0, 0.05) is 6.04 Å². The molecule has 120 valence electrons. The smallest absolute Gasteiger partial charge is 0.133 e. The molecule has 0 amide bonds. The first-order chi connectivity index (χ1) is 9.96. The van der Waals surface area contributed by atoms with Crippen LogP contribution in [-0.4, -0.2) is 13.2 Å². The van der Waals surface area contributed by atoms with E-state index < -0.39 is 0 Å². The van der Waals surface area contributed by atoms with Crippen molar-refractivity contribution in [3.8, 4) is 5.75 Å². The average molecular weight is 356 g/mol. The van der Waals surface area contributed by atoms with Crippen molar-refractivity contribution >= 4 is 15.9 Å².